The molecule has 0 bridgehead atoms. The van der Waals surface area contributed by atoms with E-state index in [1.807, 2.05) is 11.3 Å². The minimum Gasteiger partial charge on any atom is -0.308 e. The Labute approximate surface area is 349 Å². The molecule has 0 saturated heterocycles. The minimum atomic E-state index is 0.681. The third-order valence-corrected chi connectivity index (χ3v) is 15.3. The highest BCUT2D eigenvalue weighted by Crippen LogP contribution is 2.51. The SMILES string of the molecule is c1ccc(-c2c3ccccc3c(-c3nc(-n4c5ccc6sc7ccc8c9ccccc9n9c%10cccc4c%10c5c6c7c89)nc4c3sc3ccccc34)c3ccccc23)cc1. The van der Waals surface area contributed by atoms with E-state index in [-0.39, 0.29) is 0 Å². The third-order valence-electron chi connectivity index (χ3n) is 13.0. The van der Waals surface area contributed by atoms with E-state index in [9.17, 15) is 0 Å². The highest BCUT2D eigenvalue weighted by atomic mass is 32.1. The Balaban J connectivity index is 1.14. The largest absolute Gasteiger partial charge is 0.308 e. The van der Waals surface area contributed by atoms with Gasteiger partial charge < -0.3 is 4.40 Å². The summed E-state index contributed by atoms with van der Waals surface area (Å²) in [6.07, 6.45) is 0. The lowest BCUT2D eigenvalue weighted by molar-refractivity contribution is 1.02. The molecular weight excluding hydrogens is 769 g/mol. The van der Waals surface area contributed by atoms with Crippen LogP contribution in [-0.4, -0.2) is 18.9 Å². The molecule has 0 N–H and O–H groups in total. The van der Waals surface area contributed by atoms with Gasteiger partial charge in [0.05, 0.1) is 43.5 Å². The molecule has 6 aromatic heterocycles. The summed E-state index contributed by atoms with van der Waals surface area (Å²) in [6.45, 7) is 0. The molecule has 15 rings (SSSR count). The zero-order valence-corrected chi connectivity index (χ0v) is 33.4. The van der Waals surface area contributed by atoms with Crippen molar-refractivity contribution < 1.29 is 0 Å². The van der Waals surface area contributed by atoms with Crippen LogP contribution in [0.1, 0.15) is 0 Å². The first-order chi connectivity index (χ1) is 29.8. The molecule has 9 aromatic carbocycles. The van der Waals surface area contributed by atoms with E-state index in [4.69, 9.17) is 9.97 Å². The molecule has 0 fully saturated rings. The van der Waals surface area contributed by atoms with Crippen LogP contribution in [0, 0.1) is 0 Å². The molecule has 0 amide bonds. The van der Waals surface area contributed by atoms with Gasteiger partial charge in [0.2, 0.25) is 5.95 Å². The Hall–Kier alpha value is -7.38. The maximum Gasteiger partial charge on any atom is 0.235 e. The van der Waals surface area contributed by atoms with Gasteiger partial charge in [-0.2, -0.15) is 0 Å². The van der Waals surface area contributed by atoms with E-state index in [1.54, 1.807) is 11.3 Å². The lowest BCUT2D eigenvalue weighted by Crippen LogP contribution is -2.03. The lowest BCUT2D eigenvalue weighted by Gasteiger charge is -2.18. The molecule has 15 aromatic rings. The molecule has 6 heteroatoms. The predicted molar refractivity (Wildman–Crippen MR) is 256 cm³/mol. The second kappa shape index (κ2) is 11.2. The maximum absolute atomic E-state index is 5.82. The summed E-state index contributed by atoms with van der Waals surface area (Å²) in [5.41, 5.74) is 11.5. The fraction of sp³-hybridized carbons (Fsp3) is 0. The van der Waals surface area contributed by atoms with Crippen molar-refractivity contribution in [2.24, 2.45) is 0 Å². The van der Waals surface area contributed by atoms with Crippen LogP contribution in [-0.2, 0) is 0 Å². The molecule has 0 radical (unpaired) electrons. The molecule has 0 saturated carbocycles. The summed E-state index contributed by atoms with van der Waals surface area (Å²) >= 11 is 3.68. The molecule has 4 nitrogen and oxygen atoms in total. The molecule has 0 aliphatic rings. The van der Waals surface area contributed by atoms with Gasteiger partial charge in [0, 0.05) is 57.4 Å². The van der Waals surface area contributed by atoms with Crippen molar-refractivity contribution in [3.8, 4) is 28.3 Å². The standard InChI is InChI=1S/C54H28N4S2/c1-2-13-29(14-3-1)44-31-16-4-6-18-33(31)45(34-19-7-5-17-32(34)44)51-53-50(36-20-9-11-24-41(36)60-53)55-54(56-51)58-39-23-12-22-38-46(39)47-40(58)26-28-42-48(47)49-43(59-42)27-25-35-30-15-8-10-21-37(30)57(38)52(35)49/h1-28H. The molecule has 0 unspecified atom stereocenters. The number of hydrogen-bond donors (Lipinski definition) is 0. The van der Waals surface area contributed by atoms with Crippen LogP contribution in [0.2, 0.25) is 0 Å². The van der Waals surface area contributed by atoms with Crippen molar-refractivity contribution in [1.29, 1.82) is 0 Å². The molecule has 0 aliphatic heterocycles. The zero-order chi connectivity index (χ0) is 38.8. The van der Waals surface area contributed by atoms with E-state index in [0.29, 0.717) is 5.95 Å². The van der Waals surface area contributed by atoms with Crippen LogP contribution in [0.3, 0.4) is 0 Å². The van der Waals surface area contributed by atoms with Gasteiger partial charge in [-0.3, -0.25) is 4.57 Å². The van der Waals surface area contributed by atoms with Gasteiger partial charge in [0.25, 0.3) is 0 Å². The van der Waals surface area contributed by atoms with E-state index >= 15 is 0 Å². The maximum atomic E-state index is 5.82. The number of aromatic nitrogens is 4. The predicted octanol–water partition coefficient (Wildman–Crippen LogP) is 15.4. The molecule has 0 spiro atoms. The van der Waals surface area contributed by atoms with Gasteiger partial charge in [0.1, 0.15) is 0 Å². The average Bonchev–Trinajstić information content (AvgIpc) is 4.03. The van der Waals surface area contributed by atoms with Crippen LogP contribution >= 0.6 is 22.7 Å². The Bertz CT molecular complexity index is 4240. The van der Waals surface area contributed by atoms with Crippen molar-refractivity contribution in [2.75, 3.05) is 0 Å². The first-order valence-electron chi connectivity index (χ1n) is 20.3. The van der Waals surface area contributed by atoms with Crippen molar-refractivity contribution in [3.63, 3.8) is 0 Å². The first-order valence-corrected chi connectivity index (χ1v) is 22.0. The number of benzene rings is 9. The van der Waals surface area contributed by atoms with Gasteiger partial charge in [-0.05, 0) is 75.1 Å². The van der Waals surface area contributed by atoms with Crippen molar-refractivity contribution in [3.05, 3.63) is 170 Å². The second-order valence-corrected chi connectivity index (χ2v) is 18.1. The summed E-state index contributed by atoms with van der Waals surface area (Å²) in [5, 5.41) is 13.7. The topological polar surface area (TPSA) is 35.1 Å². The first kappa shape index (κ1) is 31.6. The number of hydrogen-bond acceptors (Lipinski definition) is 4. The van der Waals surface area contributed by atoms with Crippen LogP contribution < -0.4 is 0 Å². The van der Waals surface area contributed by atoms with E-state index in [1.165, 1.54) is 95.6 Å². The summed E-state index contributed by atoms with van der Waals surface area (Å²) < 4.78 is 9.80. The third kappa shape index (κ3) is 3.82. The molecule has 276 valence electrons. The summed E-state index contributed by atoms with van der Waals surface area (Å²) in [7, 11) is 0. The Kier molecular flexibility index (Phi) is 5.90. The zero-order valence-electron chi connectivity index (χ0n) is 31.8. The van der Waals surface area contributed by atoms with E-state index < -0.39 is 0 Å². The molecular formula is C54H28N4S2. The quantitative estimate of drug-likeness (QED) is 0.167. The highest BCUT2D eigenvalue weighted by Gasteiger charge is 2.28. The van der Waals surface area contributed by atoms with Crippen molar-refractivity contribution >= 4 is 134 Å². The molecule has 60 heavy (non-hydrogen) atoms. The number of thiophene rings is 2. The van der Waals surface area contributed by atoms with E-state index in [2.05, 4.69) is 179 Å². The lowest BCUT2D eigenvalue weighted by atomic mass is 9.87. The van der Waals surface area contributed by atoms with Gasteiger partial charge in [0.15, 0.2) is 0 Å². The van der Waals surface area contributed by atoms with Crippen LogP contribution in [0.25, 0.3) is 139 Å². The number of fused-ring (bicyclic) bond motifs is 9. The normalized spacial score (nSPS) is 12.7. The second-order valence-electron chi connectivity index (χ2n) is 16.0. The number of rotatable bonds is 3. The van der Waals surface area contributed by atoms with Crippen molar-refractivity contribution in [1.82, 2.24) is 18.9 Å². The minimum absolute atomic E-state index is 0.681. The monoisotopic (exact) mass is 796 g/mol. The summed E-state index contributed by atoms with van der Waals surface area (Å²) in [6, 6.07) is 62.2. The van der Waals surface area contributed by atoms with Gasteiger partial charge in [-0.25, -0.2) is 9.97 Å². The average molecular weight is 797 g/mol. The summed E-state index contributed by atoms with van der Waals surface area (Å²) in [5.74, 6) is 0.681. The fourth-order valence-electron chi connectivity index (χ4n) is 10.7. The highest BCUT2D eigenvalue weighted by molar-refractivity contribution is 7.26. The molecule has 6 heterocycles. The van der Waals surface area contributed by atoms with Gasteiger partial charge >= 0.3 is 0 Å². The Morgan fingerprint density at radius 1 is 0.367 bits per heavy atom. The fourth-order valence-corrected chi connectivity index (χ4v) is 13.0. The Morgan fingerprint density at radius 3 is 1.78 bits per heavy atom. The van der Waals surface area contributed by atoms with Crippen LogP contribution in [0.5, 0.6) is 0 Å². The van der Waals surface area contributed by atoms with Gasteiger partial charge in [-0.15, -0.1) is 22.7 Å². The van der Waals surface area contributed by atoms with Crippen LogP contribution in [0.4, 0.5) is 0 Å². The van der Waals surface area contributed by atoms with Gasteiger partial charge in [-0.1, -0.05) is 127 Å². The smallest absolute Gasteiger partial charge is 0.235 e. The number of para-hydroxylation sites is 1. The molecule has 0 aliphatic carbocycles. The Morgan fingerprint density at radius 2 is 0.983 bits per heavy atom. The van der Waals surface area contributed by atoms with E-state index in [0.717, 1.165) is 37.9 Å². The summed E-state index contributed by atoms with van der Waals surface area (Å²) in [4.78, 5) is 11.5. The van der Waals surface area contributed by atoms with Crippen molar-refractivity contribution in [2.45, 2.75) is 0 Å². The number of nitrogens with zero attached hydrogens (tertiary/aromatic N) is 4. The molecule has 0 atom stereocenters. The van der Waals surface area contributed by atoms with Crippen LogP contribution in [0.15, 0.2) is 170 Å².